The molecule has 0 saturated carbocycles. The molecular weight excluding hydrogens is 304 g/mol. The highest BCUT2D eigenvalue weighted by molar-refractivity contribution is 5.88. The number of amides is 1. The molecule has 1 aromatic carbocycles. The Labute approximate surface area is 142 Å². The van der Waals surface area contributed by atoms with E-state index in [4.69, 9.17) is 4.42 Å². The lowest BCUT2D eigenvalue weighted by atomic mass is 10.2. The molecule has 0 spiro atoms. The predicted octanol–water partition coefficient (Wildman–Crippen LogP) is 2.54. The van der Waals surface area contributed by atoms with Gasteiger partial charge in [0.15, 0.2) is 5.96 Å². The van der Waals surface area contributed by atoms with Crippen LogP contribution >= 0.6 is 0 Å². The molecule has 1 amide bonds. The molecule has 1 heterocycles. The summed E-state index contributed by atoms with van der Waals surface area (Å²) in [7, 11) is 0. The molecule has 24 heavy (non-hydrogen) atoms. The number of aliphatic imine (C=N–C) groups is 1. The Morgan fingerprint density at radius 2 is 2.08 bits per heavy atom. The Bertz CT molecular complexity index is 665. The molecule has 0 bridgehead atoms. The van der Waals surface area contributed by atoms with Crippen LogP contribution in [0.5, 0.6) is 0 Å². The number of nitrogens with one attached hydrogen (secondary N) is 3. The van der Waals surface area contributed by atoms with Gasteiger partial charge in [-0.15, -0.1) is 0 Å². The Balaban J connectivity index is 1.90. The predicted molar refractivity (Wildman–Crippen MR) is 96.0 cm³/mol. The third-order valence-corrected chi connectivity index (χ3v) is 3.26. The SMILES string of the molecule is CCNC(=NCc1cccc(NC(C)=O)c1)NCCc1ccco1. The summed E-state index contributed by atoms with van der Waals surface area (Å²) in [5.74, 6) is 1.62. The Morgan fingerprint density at radius 1 is 1.21 bits per heavy atom. The summed E-state index contributed by atoms with van der Waals surface area (Å²) in [5.41, 5.74) is 1.82. The van der Waals surface area contributed by atoms with Crippen molar-refractivity contribution in [3.05, 3.63) is 54.0 Å². The first-order valence-electron chi connectivity index (χ1n) is 8.08. The van der Waals surface area contributed by atoms with Gasteiger partial charge in [0.25, 0.3) is 0 Å². The normalized spacial score (nSPS) is 11.2. The molecule has 128 valence electrons. The Hall–Kier alpha value is -2.76. The van der Waals surface area contributed by atoms with Crippen molar-refractivity contribution in [1.82, 2.24) is 10.6 Å². The topological polar surface area (TPSA) is 78.7 Å². The van der Waals surface area contributed by atoms with E-state index in [-0.39, 0.29) is 5.91 Å². The van der Waals surface area contributed by atoms with Crippen molar-refractivity contribution in [3.63, 3.8) is 0 Å². The quantitative estimate of drug-likeness (QED) is 0.539. The standard InChI is InChI=1S/C18H24N4O2/c1-3-19-18(20-10-9-17-8-5-11-24-17)21-13-15-6-4-7-16(12-15)22-14(2)23/h4-8,11-12H,3,9-10,13H2,1-2H3,(H,22,23)(H2,19,20,21). The number of carbonyl (C=O) groups is 1. The van der Waals surface area contributed by atoms with E-state index < -0.39 is 0 Å². The molecular formula is C18H24N4O2. The number of carbonyl (C=O) groups excluding carboxylic acids is 1. The molecule has 0 aliphatic carbocycles. The second kappa shape index (κ2) is 9.39. The fraction of sp³-hybridized carbons (Fsp3) is 0.333. The molecule has 2 aromatic rings. The van der Waals surface area contributed by atoms with E-state index in [0.29, 0.717) is 6.54 Å². The molecule has 2 rings (SSSR count). The summed E-state index contributed by atoms with van der Waals surface area (Å²) in [6.07, 6.45) is 2.48. The van der Waals surface area contributed by atoms with Crippen molar-refractivity contribution in [2.24, 2.45) is 4.99 Å². The van der Waals surface area contributed by atoms with Crippen LogP contribution in [0.1, 0.15) is 25.2 Å². The lowest BCUT2D eigenvalue weighted by molar-refractivity contribution is -0.114. The van der Waals surface area contributed by atoms with Crippen LogP contribution < -0.4 is 16.0 Å². The second-order valence-corrected chi connectivity index (χ2v) is 5.33. The van der Waals surface area contributed by atoms with Crippen molar-refractivity contribution in [2.45, 2.75) is 26.8 Å². The summed E-state index contributed by atoms with van der Waals surface area (Å²) >= 11 is 0. The van der Waals surface area contributed by atoms with Gasteiger partial charge in [-0.05, 0) is 36.8 Å². The molecule has 0 atom stereocenters. The molecule has 6 heteroatoms. The largest absolute Gasteiger partial charge is 0.469 e. The molecule has 1 aromatic heterocycles. The Morgan fingerprint density at radius 3 is 2.79 bits per heavy atom. The monoisotopic (exact) mass is 328 g/mol. The minimum absolute atomic E-state index is 0.0800. The fourth-order valence-electron chi connectivity index (χ4n) is 2.22. The van der Waals surface area contributed by atoms with Gasteiger partial charge in [0.05, 0.1) is 12.8 Å². The molecule has 0 radical (unpaired) electrons. The van der Waals surface area contributed by atoms with Crippen LogP contribution in [0.25, 0.3) is 0 Å². The number of nitrogens with zero attached hydrogens (tertiary/aromatic N) is 1. The average Bonchev–Trinajstić information content (AvgIpc) is 3.06. The minimum Gasteiger partial charge on any atom is -0.469 e. The molecule has 0 saturated heterocycles. The summed E-state index contributed by atoms with van der Waals surface area (Å²) in [4.78, 5) is 15.7. The number of hydrogen-bond donors (Lipinski definition) is 3. The zero-order valence-corrected chi connectivity index (χ0v) is 14.1. The van der Waals surface area contributed by atoms with Gasteiger partial charge in [0.1, 0.15) is 5.76 Å². The number of benzene rings is 1. The van der Waals surface area contributed by atoms with Crippen LogP contribution in [0.2, 0.25) is 0 Å². The zero-order valence-electron chi connectivity index (χ0n) is 14.1. The van der Waals surface area contributed by atoms with Crippen molar-refractivity contribution in [3.8, 4) is 0 Å². The van der Waals surface area contributed by atoms with Gasteiger partial charge < -0.3 is 20.4 Å². The van der Waals surface area contributed by atoms with Crippen molar-refractivity contribution >= 4 is 17.6 Å². The van der Waals surface area contributed by atoms with E-state index in [1.165, 1.54) is 6.92 Å². The fourth-order valence-corrected chi connectivity index (χ4v) is 2.22. The van der Waals surface area contributed by atoms with Crippen molar-refractivity contribution < 1.29 is 9.21 Å². The summed E-state index contributed by atoms with van der Waals surface area (Å²) in [6, 6.07) is 11.5. The number of rotatable bonds is 7. The van der Waals surface area contributed by atoms with Crippen molar-refractivity contribution in [1.29, 1.82) is 0 Å². The number of hydrogen-bond acceptors (Lipinski definition) is 3. The summed E-state index contributed by atoms with van der Waals surface area (Å²) < 4.78 is 5.31. The maximum absolute atomic E-state index is 11.1. The van der Waals surface area contributed by atoms with E-state index in [9.17, 15) is 4.79 Å². The lowest BCUT2D eigenvalue weighted by Crippen LogP contribution is -2.38. The maximum atomic E-state index is 11.1. The molecule has 0 fully saturated rings. The molecule has 0 unspecified atom stereocenters. The third kappa shape index (κ3) is 6.16. The highest BCUT2D eigenvalue weighted by Crippen LogP contribution is 2.11. The smallest absolute Gasteiger partial charge is 0.221 e. The van der Waals surface area contributed by atoms with Crippen LogP contribution in [0, 0.1) is 0 Å². The first-order valence-corrected chi connectivity index (χ1v) is 8.08. The zero-order chi connectivity index (χ0) is 17.2. The third-order valence-electron chi connectivity index (χ3n) is 3.26. The minimum atomic E-state index is -0.0800. The number of anilines is 1. The first-order chi connectivity index (χ1) is 11.7. The van der Waals surface area contributed by atoms with E-state index in [1.807, 2.05) is 43.3 Å². The van der Waals surface area contributed by atoms with Crippen LogP contribution in [0.3, 0.4) is 0 Å². The van der Waals surface area contributed by atoms with Gasteiger partial charge in [-0.3, -0.25) is 4.79 Å². The molecule has 0 aliphatic rings. The van der Waals surface area contributed by atoms with Gasteiger partial charge in [0.2, 0.25) is 5.91 Å². The lowest BCUT2D eigenvalue weighted by Gasteiger charge is -2.11. The van der Waals surface area contributed by atoms with Crippen LogP contribution in [0.15, 0.2) is 52.1 Å². The van der Waals surface area contributed by atoms with Crippen LogP contribution in [-0.4, -0.2) is 25.0 Å². The highest BCUT2D eigenvalue weighted by atomic mass is 16.3. The molecule has 3 N–H and O–H groups in total. The van der Waals surface area contributed by atoms with Gasteiger partial charge in [0, 0.05) is 32.1 Å². The number of furan rings is 1. The maximum Gasteiger partial charge on any atom is 0.221 e. The van der Waals surface area contributed by atoms with Crippen molar-refractivity contribution in [2.75, 3.05) is 18.4 Å². The summed E-state index contributed by atoms with van der Waals surface area (Å²) in [5, 5.41) is 9.28. The first kappa shape index (κ1) is 17.6. The van der Waals surface area contributed by atoms with E-state index in [0.717, 1.165) is 42.5 Å². The van der Waals surface area contributed by atoms with Crippen LogP contribution in [-0.2, 0) is 17.8 Å². The van der Waals surface area contributed by atoms with E-state index in [1.54, 1.807) is 6.26 Å². The van der Waals surface area contributed by atoms with E-state index >= 15 is 0 Å². The summed E-state index contributed by atoms with van der Waals surface area (Å²) in [6.45, 7) is 5.59. The van der Waals surface area contributed by atoms with Gasteiger partial charge in [-0.2, -0.15) is 0 Å². The van der Waals surface area contributed by atoms with Crippen LogP contribution in [0.4, 0.5) is 5.69 Å². The average molecular weight is 328 g/mol. The molecule has 0 aliphatic heterocycles. The molecule has 6 nitrogen and oxygen atoms in total. The van der Waals surface area contributed by atoms with E-state index in [2.05, 4.69) is 20.9 Å². The van der Waals surface area contributed by atoms with Gasteiger partial charge in [-0.25, -0.2) is 4.99 Å². The Kier molecular flexibility index (Phi) is 6.89. The van der Waals surface area contributed by atoms with Gasteiger partial charge in [-0.1, -0.05) is 12.1 Å². The number of guanidine groups is 1. The highest BCUT2D eigenvalue weighted by Gasteiger charge is 2.01. The second-order valence-electron chi connectivity index (χ2n) is 5.33. The van der Waals surface area contributed by atoms with Gasteiger partial charge >= 0.3 is 0 Å².